The van der Waals surface area contributed by atoms with Crippen LogP contribution in [0.1, 0.15) is 21.5 Å². The summed E-state index contributed by atoms with van der Waals surface area (Å²) < 4.78 is 6.92. The Bertz CT molecular complexity index is 940. The lowest BCUT2D eigenvalue weighted by Crippen LogP contribution is -2.23. The molecule has 0 aliphatic rings. The fraction of sp³-hybridized carbons (Fsp3) is 0.105. The first-order valence-electron chi connectivity index (χ1n) is 7.66. The Morgan fingerprint density at radius 2 is 2.12 bits per heavy atom. The van der Waals surface area contributed by atoms with Crippen molar-refractivity contribution < 1.29 is 9.53 Å². The number of benzene rings is 2. The maximum Gasteiger partial charge on any atom is 0.252 e. The van der Waals surface area contributed by atoms with E-state index in [2.05, 4.69) is 10.4 Å². The molecule has 124 valence electrons. The highest BCUT2D eigenvalue weighted by Gasteiger charge is 2.11. The second-order valence-corrected chi connectivity index (χ2v) is 5.33. The summed E-state index contributed by atoms with van der Waals surface area (Å²) in [7, 11) is 1.61. The second kappa shape index (κ2) is 7.32. The van der Waals surface area contributed by atoms with Crippen LogP contribution in [0.2, 0.25) is 0 Å². The standard InChI is InChI=1S/C19H16N4O2/c1-25-17-7-4-6-16(9-17)23-13-14(12-22-23)11-21-19(24)18-8-3-2-5-15(18)10-20/h2-9,12-13H,11H2,1H3,(H,21,24). The summed E-state index contributed by atoms with van der Waals surface area (Å²) in [6.07, 6.45) is 3.53. The van der Waals surface area contributed by atoms with E-state index in [9.17, 15) is 4.79 Å². The Hall–Kier alpha value is -3.59. The Balaban J connectivity index is 1.70. The third-order valence-corrected chi connectivity index (χ3v) is 3.70. The van der Waals surface area contributed by atoms with Crippen molar-refractivity contribution in [3.63, 3.8) is 0 Å². The van der Waals surface area contributed by atoms with Gasteiger partial charge in [0.1, 0.15) is 5.75 Å². The smallest absolute Gasteiger partial charge is 0.252 e. The first-order chi connectivity index (χ1) is 12.2. The maximum atomic E-state index is 12.3. The molecule has 1 amide bonds. The van der Waals surface area contributed by atoms with E-state index in [0.717, 1.165) is 17.0 Å². The Morgan fingerprint density at radius 3 is 2.92 bits per heavy atom. The number of rotatable bonds is 5. The van der Waals surface area contributed by atoms with Gasteiger partial charge in [-0.1, -0.05) is 18.2 Å². The zero-order valence-corrected chi connectivity index (χ0v) is 13.6. The predicted octanol–water partition coefficient (Wildman–Crippen LogP) is 2.68. The number of amides is 1. The van der Waals surface area contributed by atoms with Gasteiger partial charge in [-0.2, -0.15) is 10.4 Å². The van der Waals surface area contributed by atoms with Gasteiger partial charge in [0, 0.05) is 24.4 Å². The SMILES string of the molecule is COc1cccc(-n2cc(CNC(=O)c3ccccc3C#N)cn2)c1. The van der Waals surface area contributed by atoms with Crippen molar-refractivity contribution in [3.05, 3.63) is 77.6 Å². The topological polar surface area (TPSA) is 79.9 Å². The molecule has 1 heterocycles. The highest BCUT2D eigenvalue weighted by Crippen LogP contribution is 2.16. The Morgan fingerprint density at radius 1 is 1.28 bits per heavy atom. The molecule has 6 nitrogen and oxygen atoms in total. The van der Waals surface area contributed by atoms with Gasteiger partial charge in [-0.15, -0.1) is 0 Å². The minimum absolute atomic E-state index is 0.286. The van der Waals surface area contributed by atoms with Crippen LogP contribution in [0.4, 0.5) is 0 Å². The second-order valence-electron chi connectivity index (χ2n) is 5.33. The lowest BCUT2D eigenvalue weighted by atomic mass is 10.1. The van der Waals surface area contributed by atoms with Gasteiger partial charge in [-0.25, -0.2) is 4.68 Å². The van der Waals surface area contributed by atoms with Crippen molar-refractivity contribution in [1.29, 1.82) is 5.26 Å². The first kappa shape index (κ1) is 16.3. The third-order valence-electron chi connectivity index (χ3n) is 3.70. The summed E-state index contributed by atoms with van der Waals surface area (Å²) >= 11 is 0. The lowest BCUT2D eigenvalue weighted by molar-refractivity contribution is 0.0950. The number of ether oxygens (including phenoxy) is 1. The van der Waals surface area contributed by atoms with Crippen LogP contribution in [-0.2, 0) is 6.54 Å². The molecule has 0 bridgehead atoms. The van der Waals surface area contributed by atoms with Crippen molar-refractivity contribution >= 4 is 5.91 Å². The normalized spacial score (nSPS) is 10.1. The molecule has 1 aromatic heterocycles. The zero-order chi connectivity index (χ0) is 17.6. The molecule has 6 heteroatoms. The number of nitrogens with one attached hydrogen (secondary N) is 1. The number of carbonyl (C=O) groups excluding carboxylic acids is 1. The average Bonchev–Trinajstić information content (AvgIpc) is 3.15. The summed E-state index contributed by atoms with van der Waals surface area (Å²) in [5.41, 5.74) is 2.44. The molecule has 0 fully saturated rings. The minimum atomic E-state index is -0.286. The third kappa shape index (κ3) is 3.67. The van der Waals surface area contributed by atoms with Crippen molar-refractivity contribution in [2.75, 3.05) is 7.11 Å². The molecule has 3 rings (SSSR count). The molecule has 1 N–H and O–H groups in total. The predicted molar refractivity (Wildman–Crippen MR) is 92.4 cm³/mol. The van der Waals surface area contributed by atoms with Gasteiger partial charge >= 0.3 is 0 Å². The molecule has 0 saturated heterocycles. The average molecular weight is 332 g/mol. The monoisotopic (exact) mass is 332 g/mol. The van der Waals surface area contributed by atoms with Gasteiger partial charge in [0.15, 0.2) is 0 Å². The van der Waals surface area contributed by atoms with E-state index in [-0.39, 0.29) is 5.91 Å². The van der Waals surface area contributed by atoms with Gasteiger partial charge in [-0.3, -0.25) is 4.79 Å². The van der Waals surface area contributed by atoms with E-state index in [1.807, 2.05) is 36.5 Å². The molecule has 25 heavy (non-hydrogen) atoms. The molecule has 0 saturated carbocycles. The zero-order valence-electron chi connectivity index (χ0n) is 13.6. The maximum absolute atomic E-state index is 12.3. The number of aromatic nitrogens is 2. The van der Waals surface area contributed by atoms with Crippen molar-refractivity contribution in [2.24, 2.45) is 0 Å². The van der Waals surface area contributed by atoms with Crippen LogP contribution >= 0.6 is 0 Å². The van der Waals surface area contributed by atoms with Crippen LogP contribution in [-0.4, -0.2) is 22.8 Å². The fourth-order valence-corrected chi connectivity index (χ4v) is 2.40. The first-order valence-corrected chi connectivity index (χ1v) is 7.66. The van der Waals surface area contributed by atoms with E-state index < -0.39 is 0 Å². The summed E-state index contributed by atoms with van der Waals surface area (Å²) in [5, 5.41) is 16.2. The molecule has 3 aromatic rings. The van der Waals surface area contributed by atoms with Gasteiger partial charge in [0.2, 0.25) is 0 Å². The van der Waals surface area contributed by atoms with E-state index in [0.29, 0.717) is 17.7 Å². The van der Waals surface area contributed by atoms with Crippen LogP contribution in [0.5, 0.6) is 5.75 Å². The van der Waals surface area contributed by atoms with Gasteiger partial charge in [0.25, 0.3) is 5.91 Å². The largest absolute Gasteiger partial charge is 0.497 e. The summed E-state index contributed by atoms with van der Waals surface area (Å²) in [6, 6.07) is 16.3. The van der Waals surface area contributed by atoms with Gasteiger partial charge < -0.3 is 10.1 Å². The van der Waals surface area contributed by atoms with Crippen molar-refractivity contribution in [2.45, 2.75) is 6.54 Å². The van der Waals surface area contributed by atoms with Gasteiger partial charge in [-0.05, 0) is 24.3 Å². The van der Waals surface area contributed by atoms with E-state index in [4.69, 9.17) is 10.00 Å². The van der Waals surface area contributed by atoms with Crippen molar-refractivity contribution in [1.82, 2.24) is 15.1 Å². The molecule has 0 spiro atoms. The molecule has 0 aliphatic carbocycles. The number of carbonyl (C=O) groups is 1. The Kier molecular flexibility index (Phi) is 4.77. The summed E-state index contributed by atoms with van der Waals surface area (Å²) in [6.45, 7) is 0.322. The molecular formula is C19H16N4O2. The number of nitrogens with zero attached hydrogens (tertiary/aromatic N) is 3. The lowest BCUT2D eigenvalue weighted by Gasteiger charge is -2.05. The van der Waals surface area contributed by atoms with E-state index in [1.165, 1.54) is 0 Å². The minimum Gasteiger partial charge on any atom is -0.497 e. The van der Waals surface area contributed by atoms with Crippen LogP contribution in [0, 0.1) is 11.3 Å². The fourth-order valence-electron chi connectivity index (χ4n) is 2.40. The number of hydrogen-bond donors (Lipinski definition) is 1. The number of hydrogen-bond acceptors (Lipinski definition) is 4. The molecule has 0 atom stereocenters. The summed E-state index contributed by atoms with van der Waals surface area (Å²) in [4.78, 5) is 12.3. The van der Waals surface area contributed by atoms with E-state index >= 15 is 0 Å². The quantitative estimate of drug-likeness (QED) is 0.779. The van der Waals surface area contributed by atoms with Crippen molar-refractivity contribution in [3.8, 4) is 17.5 Å². The number of methoxy groups -OCH3 is 1. The van der Waals surface area contributed by atoms with Gasteiger partial charge in [0.05, 0.1) is 36.2 Å². The van der Waals surface area contributed by atoms with Crippen LogP contribution in [0.3, 0.4) is 0 Å². The van der Waals surface area contributed by atoms with Crippen LogP contribution in [0.25, 0.3) is 5.69 Å². The summed E-state index contributed by atoms with van der Waals surface area (Å²) in [5.74, 6) is 0.460. The molecular weight excluding hydrogens is 316 g/mol. The molecule has 0 aliphatic heterocycles. The molecule has 2 aromatic carbocycles. The molecule has 0 unspecified atom stereocenters. The van der Waals surface area contributed by atoms with Crippen LogP contribution in [0.15, 0.2) is 60.9 Å². The van der Waals surface area contributed by atoms with Crippen LogP contribution < -0.4 is 10.1 Å². The molecule has 0 radical (unpaired) electrons. The highest BCUT2D eigenvalue weighted by molar-refractivity contribution is 5.96. The number of nitriles is 1. The van der Waals surface area contributed by atoms with E-state index in [1.54, 1.807) is 42.3 Å². The highest BCUT2D eigenvalue weighted by atomic mass is 16.5. The Labute approximate surface area is 145 Å².